The van der Waals surface area contributed by atoms with Gasteiger partial charge in [0.15, 0.2) is 0 Å². The molecule has 1 N–H and O–H groups in total. The summed E-state index contributed by atoms with van der Waals surface area (Å²) in [4.78, 5) is 11.5. The fourth-order valence-corrected chi connectivity index (χ4v) is 4.87. The molecule has 1 amide bonds. The molecule has 1 atom stereocenters. The van der Waals surface area contributed by atoms with Crippen LogP contribution in [0.25, 0.3) is 0 Å². The number of benzene rings is 2. The molecular formula is C18H20N2O4S. The van der Waals surface area contributed by atoms with Gasteiger partial charge in [-0.1, -0.05) is 18.2 Å². The van der Waals surface area contributed by atoms with Crippen LogP contribution in [0.15, 0.2) is 47.4 Å². The van der Waals surface area contributed by atoms with E-state index in [0.29, 0.717) is 23.5 Å². The third kappa shape index (κ3) is 3.07. The van der Waals surface area contributed by atoms with Crippen molar-refractivity contribution >= 4 is 27.3 Å². The van der Waals surface area contributed by atoms with Gasteiger partial charge in [0.2, 0.25) is 5.91 Å². The third-order valence-corrected chi connectivity index (χ3v) is 6.11. The summed E-state index contributed by atoms with van der Waals surface area (Å²) < 4.78 is 33.1. The van der Waals surface area contributed by atoms with Crippen LogP contribution in [0.2, 0.25) is 0 Å². The Labute approximate surface area is 147 Å². The largest absolute Gasteiger partial charge is 0.495 e. The quantitative estimate of drug-likeness (QED) is 0.910. The number of methoxy groups -OCH3 is 1. The molecule has 0 aliphatic carbocycles. The number of rotatable bonds is 4. The SMILES string of the molecule is COc1ccc(S(=O)(=O)N2c3ccccc3C[C@H]2C)cc1NC(C)=O. The van der Waals surface area contributed by atoms with Crippen molar-refractivity contribution in [3.63, 3.8) is 0 Å². The summed E-state index contributed by atoms with van der Waals surface area (Å²) in [5.41, 5.74) is 2.04. The zero-order chi connectivity index (χ0) is 18.2. The first-order valence-corrected chi connectivity index (χ1v) is 9.36. The van der Waals surface area contributed by atoms with E-state index in [1.54, 1.807) is 6.07 Å². The van der Waals surface area contributed by atoms with Gasteiger partial charge in [-0.3, -0.25) is 9.10 Å². The maximum atomic E-state index is 13.2. The van der Waals surface area contributed by atoms with Crippen LogP contribution in [-0.2, 0) is 21.2 Å². The van der Waals surface area contributed by atoms with Crippen molar-refractivity contribution in [2.75, 3.05) is 16.7 Å². The number of para-hydroxylation sites is 1. The molecule has 0 unspecified atom stereocenters. The lowest BCUT2D eigenvalue weighted by molar-refractivity contribution is -0.114. The second-order valence-electron chi connectivity index (χ2n) is 6.03. The molecule has 1 aliphatic rings. The maximum Gasteiger partial charge on any atom is 0.264 e. The number of carbonyl (C=O) groups is 1. The Morgan fingerprint density at radius 1 is 1.24 bits per heavy atom. The van der Waals surface area contributed by atoms with Crippen molar-refractivity contribution < 1.29 is 17.9 Å². The molecule has 2 aromatic carbocycles. The zero-order valence-electron chi connectivity index (χ0n) is 14.3. The first-order valence-electron chi connectivity index (χ1n) is 7.92. The van der Waals surface area contributed by atoms with Gasteiger partial charge in [0.1, 0.15) is 5.75 Å². The molecule has 7 heteroatoms. The number of hydrogen-bond donors (Lipinski definition) is 1. The summed E-state index contributed by atoms with van der Waals surface area (Å²) in [6.45, 7) is 3.25. The number of sulfonamides is 1. The van der Waals surface area contributed by atoms with Gasteiger partial charge in [0.25, 0.3) is 10.0 Å². The van der Waals surface area contributed by atoms with Gasteiger partial charge in [-0.25, -0.2) is 8.42 Å². The summed E-state index contributed by atoms with van der Waals surface area (Å²) >= 11 is 0. The van der Waals surface area contributed by atoms with Crippen molar-refractivity contribution in [1.29, 1.82) is 0 Å². The smallest absolute Gasteiger partial charge is 0.264 e. The van der Waals surface area contributed by atoms with Gasteiger partial charge >= 0.3 is 0 Å². The molecular weight excluding hydrogens is 340 g/mol. The topological polar surface area (TPSA) is 75.7 Å². The van der Waals surface area contributed by atoms with Crippen LogP contribution in [0, 0.1) is 0 Å². The average molecular weight is 360 g/mol. The van der Waals surface area contributed by atoms with E-state index in [1.165, 1.54) is 30.5 Å². The zero-order valence-corrected chi connectivity index (χ0v) is 15.1. The minimum atomic E-state index is -3.76. The van der Waals surface area contributed by atoms with Crippen LogP contribution in [0.4, 0.5) is 11.4 Å². The number of nitrogens with one attached hydrogen (secondary N) is 1. The van der Waals surface area contributed by atoms with E-state index in [1.807, 2.05) is 31.2 Å². The Morgan fingerprint density at radius 3 is 2.64 bits per heavy atom. The van der Waals surface area contributed by atoms with E-state index in [2.05, 4.69) is 5.32 Å². The molecule has 2 aromatic rings. The average Bonchev–Trinajstić information content (AvgIpc) is 2.90. The monoisotopic (exact) mass is 360 g/mol. The lowest BCUT2D eigenvalue weighted by atomic mass is 10.1. The summed E-state index contributed by atoms with van der Waals surface area (Å²) in [6, 6.07) is 11.8. The van der Waals surface area contributed by atoms with E-state index in [4.69, 9.17) is 4.74 Å². The number of fused-ring (bicyclic) bond motifs is 1. The van der Waals surface area contributed by atoms with Gasteiger partial charge in [-0.2, -0.15) is 0 Å². The molecule has 132 valence electrons. The van der Waals surface area contributed by atoms with E-state index >= 15 is 0 Å². The van der Waals surface area contributed by atoms with Gasteiger partial charge in [0.05, 0.1) is 23.4 Å². The number of carbonyl (C=O) groups excluding carboxylic acids is 1. The van der Waals surface area contributed by atoms with Crippen LogP contribution in [-0.4, -0.2) is 27.5 Å². The highest BCUT2D eigenvalue weighted by atomic mass is 32.2. The van der Waals surface area contributed by atoms with Crippen molar-refractivity contribution in [3.05, 3.63) is 48.0 Å². The van der Waals surface area contributed by atoms with Crippen LogP contribution in [0.1, 0.15) is 19.4 Å². The van der Waals surface area contributed by atoms with Crippen molar-refractivity contribution in [3.8, 4) is 5.75 Å². The summed E-state index contributed by atoms with van der Waals surface area (Å²) in [7, 11) is -2.29. The van der Waals surface area contributed by atoms with Crippen molar-refractivity contribution in [2.24, 2.45) is 0 Å². The number of ether oxygens (including phenoxy) is 1. The van der Waals surface area contributed by atoms with Crippen LogP contribution < -0.4 is 14.4 Å². The van der Waals surface area contributed by atoms with Crippen molar-refractivity contribution in [1.82, 2.24) is 0 Å². The molecule has 0 fully saturated rings. The normalized spacial score (nSPS) is 16.4. The molecule has 6 nitrogen and oxygen atoms in total. The Morgan fingerprint density at radius 2 is 1.96 bits per heavy atom. The fourth-order valence-electron chi connectivity index (χ4n) is 3.15. The molecule has 0 bridgehead atoms. The lowest BCUT2D eigenvalue weighted by Gasteiger charge is -2.25. The summed E-state index contributed by atoms with van der Waals surface area (Å²) in [5.74, 6) is 0.108. The highest BCUT2D eigenvalue weighted by Crippen LogP contribution is 2.38. The fraction of sp³-hybridized carbons (Fsp3) is 0.278. The van der Waals surface area contributed by atoms with E-state index in [-0.39, 0.29) is 16.8 Å². The highest BCUT2D eigenvalue weighted by Gasteiger charge is 2.36. The maximum absolute atomic E-state index is 13.2. The standard InChI is InChI=1S/C18H20N2O4S/c1-12-10-14-6-4-5-7-17(14)20(12)25(22,23)15-8-9-18(24-3)16(11-15)19-13(2)21/h4-9,11-12H,10H2,1-3H3,(H,19,21)/t12-/m1/s1. The molecule has 1 aliphatic heterocycles. The van der Waals surface area contributed by atoms with Gasteiger partial charge < -0.3 is 10.1 Å². The highest BCUT2D eigenvalue weighted by molar-refractivity contribution is 7.92. The van der Waals surface area contributed by atoms with Gasteiger partial charge in [-0.15, -0.1) is 0 Å². The third-order valence-electron chi connectivity index (χ3n) is 4.18. The molecule has 0 aromatic heterocycles. The molecule has 25 heavy (non-hydrogen) atoms. The van der Waals surface area contributed by atoms with Crippen LogP contribution >= 0.6 is 0 Å². The molecule has 0 saturated carbocycles. The van der Waals surface area contributed by atoms with Crippen LogP contribution in [0.3, 0.4) is 0 Å². The van der Waals surface area contributed by atoms with E-state index < -0.39 is 10.0 Å². The Hall–Kier alpha value is -2.54. The molecule has 1 heterocycles. The number of hydrogen-bond acceptors (Lipinski definition) is 4. The van der Waals surface area contributed by atoms with E-state index in [9.17, 15) is 13.2 Å². The van der Waals surface area contributed by atoms with E-state index in [0.717, 1.165) is 5.56 Å². The first kappa shape index (κ1) is 17.3. The minimum Gasteiger partial charge on any atom is -0.495 e. The second kappa shape index (κ2) is 6.40. The molecule has 0 saturated heterocycles. The number of anilines is 2. The second-order valence-corrected chi connectivity index (χ2v) is 7.84. The summed E-state index contributed by atoms with van der Waals surface area (Å²) in [5, 5.41) is 2.61. The minimum absolute atomic E-state index is 0.112. The Kier molecular flexibility index (Phi) is 4.43. The predicted molar refractivity (Wildman–Crippen MR) is 96.6 cm³/mol. The van der Waals surface area contributed by atoms with Crippen LogP contribution in [0.5, 0.6) is 5.75 Å². The number of amides is 1. The number of nitrogens with zero attached hydrogens (tertiary/aromatic N) is 1. The van der Waals surface area contributed by atoms with Crippen molar-refractivity contribution in [2.45, 2.75) is 31.2 Å². The molecule has 3 rings (SSSR count). The van der Waals surface area contributed by atoms with Gasteiger partial charge in [-0.05, 0) is 43.2 Å². The van der Waals surface area contributed by atoms with Gasteiger partial charge in [0, 0.05) is 13.0 Å². The summed E-state index contributed by atoms with van der Waals surface area (Å²) in [6.07, 6.45) is 0.671. The molecule has 0 radical (unpaired) electrons. The first-order chi connectivity index (χ1) is 11.8. The predicted octanol–water partition coefficient (Wildman–Crippen LogP) is 2.79. The lowest BCUT2D eigenvalue weighted by Crippen LogP contribution is -2.35. The Balaban J connectivity index is 2.08. The Bertz CT molecular complexity index is 924. The molecule has 0 spiro atoms.